The number of amides is 1. The average Bonchev–Trinajstić information content (AvgIpc) is 2.83. The van der Waals surface area contributed by atoms with Crippen LogP contribution >= 0.6 is 11.6 Å². The zero-order valence-corrected chi connectivity index (χ0v) is 10.8. The number of hydrogen-bond acceptors (Lipinski definition) is 3. The second-order valence-electron chi connectivity index (χ2n) is 4.36. The van der Waals surface area contributed by atoms with Crippen LogP contribution in [-0.2, 0) is 4.79 Å². The van der Waals surface area contributed by atoms with Crippen molar-refractivity contribution < 1.29 is 4.79 Å². The van der Waals surface area contributed by atoms with Crippen LogP contribution in [0.3, 0.4) is 0 Å². The molecule has 1 aromatic heterocycles. The summed E-state index contributed by atoms with van der Waals surface area (Å²) in [6.07, 6.45) is 2.14. The van der Waals surface area contributed by atoms with E-state index in [1.807, 2.05) is 35.3 Å². The molecule has 1 aliphatic heterocycles. The molecule has 1 unspecified atom stereocenters. The van der Waals surface area contributed by atoms with Gasteiger partial charge in [0.1, 0.15) is 6.04 Å². The third kappa shape index (κ3) is 2.39. The molecular weight excluding hydrogens is 262 g/mol. The topological polar surface area (TPSA) is 45.2 Å². The van der Waals surface area contributed by atoms with Crippen molar-refractivity contribution in [2.75, 3.05) is 5.01 Å². The molecule has 0 aliphatic carbocycles. The maximum atomic E-state index is 11.7. The number of pyridine rings is 1. The van der Waals surface area contributed by atoms with E-state index < -0.39 is 0 Å². The molecule has 1 N–H and O–H groups in total. The van der Waals surface area contributed by atoms with E-state index in [-0.39, 0.29) is 11.9 Å². The molecule has 1 atom stereocenters. The highest BCUT2D eigenvalue weighted by Gasteiger charge is 2.32. The van der Waals surface area contributed by atoms with Gasteiger partial charge in [0.2, 0.25) is 5.91 Å². The van der Waals surface area contributed by atoms with Gasteiger partial charge in [-0.25, -0.2) is 0 Å². The van der Waals surface area contributed by atoms with Crippen molar-refractivity contribution in [3.8, 4) is 0 Å². The van der Waals surface area contributed by atoms with Crippen LogP contribution in [0.15, 0.2) is 48.7 Å². The van der Waals surface area contributed by atoms with E-state index in [0.717, 1.165) is 11.4 Å². The summed E-state index contributed by atoms with van der Waals surface area (Å²) in [4.78, 5) is 16.0. The van der Waals surface area contributed by atoms with E-state index in [4.69, 9.17) is 11.6 Å². The lowest BCUT2D eigenvalue weighted by Gasteiger charge is -2.25. The van der Waals surface area contributed by atoms with Gasteiger partial charge in [-0.2, -0.15) is 0 Å². The average molecular weight is 274 g/mol. The molecule has 5 heteroatoms. The number of aromatic nitrogens is 1. The van der Waals surface area contributed by atoms with E-state index in [1.54, 1.807) is 18.3 Å². The minimum Gasteiger partial charge on any atom is -0.276 e. The van der Waals surface area contributed by atoms with Gasteiger partial charge in [-0.15, -0.1) is 0 Å². The molecule has 1 saturated heterocycles. The Morgan fingerprint density at radius 2 is 2.00 bits per heavy atom. The Labute approximate surface area is 116 Å². The molecule has 3 rings (SSSR count). The lowest BCUT2D eigenvalue weighted by molar-refractivity contribution is -0.119. The highest BCUT2D eigenvalue weighted by Crippen LogP contribution is 2.31. The van der Waals surface area contributed by atoms with Gasteiger partial charge in [-0.3, -0.25) is 20.2 Å². The van der Waals surface area contributed by atoms with Crippen LogP contribution < -0.4 is 10.4 Å². The van der Waals surface area contributed by atoms with Crippen molar-refractivity contribution >= 4 is 23.2 Å². The second kappa shape index (κ2) is 4.90. The number of carbonyl (C=O) groups is 1. The zero-order chi connectivity index (χ0) is 13.2. The minimum absolute atomic E-state index is 0.00870. The number of nitrogens with zero attached hydrogens (tertiary/aromatic N) is 2. The number of nitrogens with one attached hydrogen (secondary N) is 1. The normalized spacial score (nSPS) is 18.5. The number of hydrazine groups is 1. The molecule has 1 aliphatic rings. The van der Waals surface area contributed by atoms with Crippen LogP contribution in [0.4, 0.5) is 5.69 Å². The van der Waals surface area contributed by atoms with Crippen LogP contribution in [0.25, 0.3) is 0 Å². The molecule has 1 amide bonds. The largest absolute Gasteiger partial charge is 0.276 e. The summed E-state index contributed by atoms with van der Waals surface area (Å²) >= 11 is 5.88. The van der Waals surface area contributed by atoms with E-state index in [1.165, 1.54) is 0 Å². The molecule has 1 fully saturated rings. The summed E-state index contributed by atoms with van der Waals surface area (Å²) in [5.41, 5.74) is 4.61. The van der Waals surface area contributed by atoms with Crippen molar-refractivity contribution in [3.63, 3.8) is 0 Å². The van der Waals surface area contributed by atoms with Gasteiger partial charge in [0.15, 0.2) is 0 Å². The smallest absolute Gasteiger partial charge is 0.241 e. The fourth-order valence-electron chi connectivity index (χ4n) is 2.18. The van der Waals surface area contributed by atoms with E-state index in [0.29, 0.717) is 11.4 Å². The van der Waals surface area contributed by atoms with Crippen molar-refractivity contribution in [2.24, 2.45) is 0 Å². The molecular formula is C14H12ClN3O. The molecule has 4 nitrogen and oxygen atoms in total. The molecule has 19 heavy (non-hydrogen) atoms. The standard InChI is InChI=1S/C14H12ClN3O/c15-10-4-6-11(7-5-10)18-13(9-14(19)17-18)12-3-1-2-8-16-12/h1-8,13H,9H2,(H,17,19). The van der Waals surface area contributed by atoms with E-state index in [9.17, 15) is 4.79 Å². The van der Waals surface area contributed by atoms with Crippen LogP contribution in [0.2, 0.25) is 5.02 Å². The third-order valence-electron chi connectivity index (χ3n) is 3.07. The van der Waals surface area contributed by atoms with Crippen molar-refractivity contribution in [2.45, 2.75) is 12.5 Å². The Kier molecular flexibility index (Phi) is 3.09. The van der Waals surface area contributed by atoms with Gasteiger partial charge in [0.05, 0.1) is 17.8 Å². The molecule has 0 radical (unpaired) electrons. The maximum absolute atomic E-state index is 11.7. The van der Waals surface area contributed by atoms with Crippen molar-refractivity contribution in [1.82, 2.24) is 10.4 Å². The fraction of sp³-hybridized carbons (Fsp3) is 0.143. The first-order valence-corrected chi connectivity index (χ1v) is 6.37. The van der Waals surface area contributed by atoms with Gasteiger partial charge in [-0.1, -0.05) is 17.7 Å². The van der Waals surface area contributed by atoms with E-state index >= 15 is 0 Å². The van der Waals surface area contributed by atoms with Crippen LogP contribution in [0, 0.1) is 0 Å². The SMILES string of the molecule is O=C1CC(c2ccccn2)N(c2ccc(Cl)cc2)N1. The first-order chi connectivity index (χ1) is 9.24. The Morgan fingerprint density at radius 1 is 1.21 bits per heavy atom. The number of anilines is 1. The van der Waals surface area contributed by atoms with Crippen LogP contribution in [0.5, 0.6) is 0 Å². The predicted molar refractivity (Wildman–Crippen MR) is 73.7 cm³/mol. The third-order valence-corrected chi connectivity index (χ3v) is 3.32. The Hall–Kier alpha value is -2.07. The molecule has 1 aromatic carbocycles. The van der Waals surface area contributed by atoms with Crippen LogP contribution in [0.1, 0.15) is 18.2 Å². The summed E-state index contributed by atoms with van der Waals surface area (Å²) in [5.74, 6) is -0.00870. The number of carbonyl (C=O) groups excluding carboxylic acids is 1. The van der Waals surface area contributed by atoms with Crippen molar-refractivity contribution in [3.05, 3.63) is 59.4 Å². The lowest BCUT2D eigenvalue weighted by atomic mass is 10.1. The zero-order valence-electron chi connectivity index (χ0n) is 10.1. The molecule has 2 aromatic rings. The van der Waals surface area contributed by atoms with Gasteiger partial charge in [0.25, 0.3) is 0 Å². The van der Waals surface area contributed by atoms with E-state index in [2.05, 4.69) is 10.4 Å². The first kappa shape index (κ1) is 12.0. The molecule has 96 valence electrons. The Morgan fingerprint density at radius 3 is 2.68 bits per heavy atom. The number of hydrogen-bond donors (Lipinski definition) is 1. The van der Waals surface area contributed by atoms with Gasteiger partial charge >= 0.3 is 0 Å². The quantitative estimate of drug-likeness (QED) is 0.915. The predicted octanol–water partition coefficient (Wildman–Crippen LogP) is 2.72. The summed E-state index contributed by atoms with van der Waals surface area (Å²) in [5, 5.41) is 2.50. The molecule has 0 spiro atoms. The summed E-state index contributed by atoms with van der Waals surface area (Å²) in [6, 6.07) is 13.0. The number of rotatable bonds is 2. The van der Waals surface area contributed by atoms with Crippen molar-refractivity contribution in [1.29, 1.82) is 0 Å². The summed E-state index contributed by atoms with van der Waals surface area (Å²) < 4.78 is 0. The highest BCUT2D eigenvalue weighted by molar-refractivity contribution is 6.30. The fourth-order valence-corrected chi connectivity index (χ4v) is 2.31. The monoisotopic (exact) mass is 273 g/mol. The summed E-state index contributed by atoms with van der Waals surface area (Å²) in [7, 11) is 0. The minimum atomic E-state index is -0.0881. The van der Waals surface area contributed by atoms with Gasteiger partial charge in [0, 0.05) is 11.2 Å². The molecule has 0 bridgehead atoms. The Balaban J connectivity index is 1.95. The van der Waals surface area contributed by atoms with Crippen LogP contribution in [-0.4, -0.2) is 10.9 Å². The first-order valence-electron chi connectivity index (χ1n) is 5.99. The Bertz CT molecular complexity index is 585. The van der Waals surface area contributed by atoms with Gasteiger partial charge < -0.3 is 0 Å². The number of benzene rings is 1. The lowest BCUT2D eigenvalue weighted by Crippen LogP contribution is -2.34. The molecule has 0 saturated carbocycles. The second-order valence-corrected chi connectivity index (χ2v) is 4.79. The van der Waals surface area contributed by atoms with Gasteiger partial charge in [-0.05, 0) is 36.4 Å². The maximum Gasteiger partial charge on any atom is 0.241 e. The molecule has 2 heterocycles. The highest BCUT2D eigenvalue weighted by atomic mass is 35.5. The number of halogens is 1. The summed E-state index contributed by atoms with van der Waals surface area (Å²) in [6.45, 7) is 0.